The average molecular weight is 333 g/mol. The molecular weight excluding hydrogens is 314 g/mol. The molecule has 1 aromatic carbocycles. The van der Waals surface area contributed by atoms with Crippen LogP contribution < -0.4 is 15.9 Å². The lowest BCUT2D eigenvalue weighted by Crippen LogP contribution is -2.31. The number of amides is 1. The summed E-state index contributed by atoms with van der Waals surface area (Å²) in [7, 11) is 1.61. The summed E-state index contributed by atoms with van der Waals surface area (Å²) in [6.45, 7) is 5.77. The van der Waals surface area contributed by atoms with Crippen LogP contribution in [0.2, 0.25) is 0 Å². The van der Waals surface area contributed by atoms with Gasteiger partial charge in [-0.3, -0.25) is 4.79 Å². The second-order valence-corrected chi connectivity index (χ2v) is 6.01. The zero-order valence-corrected chi connectivity index (χ0v) is 13.8. The maximum atomic E-state index is 11.9. The Morgan fingerprint density at radius 3 is 2.78 bits per heavy atom. The molecule has 0 fully saturated rings. The van der Waals surface area contributed by atoms with Gasteiger partial charge in [-0.2, -0.15) is 0 Å². The zero-order chi connectivity index (χ0) is 16.8. The summed E-state index contributed by atoms with van der Waals surface area (Å²) >= 11 is 1.25. The maximum Gasteiger partial charge on any atom is 0.233 e. The Balaban J connectivity index is 2.12. The largest absolute Gasteiger partial charge is 0.497 e. The molecular formula is C15H19N5O2S. The van der Waals surface area contributed by atoms with Gasteiger partial charge in [-0.1, -0.05) is 17.8 Å². The summed E-state index contributed by atoms with van der Waals surface area (Å²) in [6, 6.07) is 7.34. The summed E-state index contributed by atoms with van der Waals surface area (Å²) in [5, 5.41) is 11.0. The minimum atomic E-state index is -0.342. The van der Waals surface area contributed by atoms with Crippen molar-refractivity contribution in [3.05, 3.63) is 36.9 Å². The molecule has 1 heterocycles. The number of nitrogens with two attached hydrogens (primary N) is 1. The molecule has 8 heteroatoms. The molecule has 1 amide bonds. The second kappa shape index (κ2) is 7.68. The Labute approximate surface area is 138 Å². The third kappa shape index (κ3) is 4.04. The molecule has 0 saturated carbocycles. The predicted molar refractivity (Wildman–Crippen MR) is 90.7 cm³/mol. The van der Waals surface area contributed by atoms with Crippen molar-refractivity contribution in [2.45, 2.75) is 17.3 Å². The van der Waals surface area contributed by atoms with Crippen LogP contribution in [0.25, 0.3) is 11.4 Å². The van der Waals surface area contributed by atoms with E-state index < -0.39 is 0 Å². The molecule has 7 nitrogen and oxygen atoms in total. The Bertz CT molecular complexity index is 684. The van der Waals surface area contributed by atoms with Gasteiger partial charge in [-0.25, -0.2) is 4.68 Å². The molecule has 2 rings (SSSR count). The molecule has 1 aromatic heterocycles. The SMILES string of the molecule is C=CCNC(=O)[C@@H](C)Sc1nnc(-c2ccc(OC)cc2)n1N. The van der Waals surface area contributed by atoms with E-state index in [1.165, 1.54) is 16.4 Å². The quantitative estimate of drug-likeness (QED) is 0.452. The van der Waals surface area contributed by atoms with E-state index in [0.29, 0.717) is 17.5 Å². The first-order valence-corrected chi connectivity index (χ1v) is 7.85. The molecule has 23 heavy (non-hydrogen) atoms. The van der Waals surface area contributed by atoms with Crippen molar-refractivity contribution in [3.8, 4) is 17.1 Å². The smallest absolute Gasteiger partial charge is 0.233 e. The fraction of sp³-hybridized carbons (Fsp3) is 0.267. The van der Waals surface area contributed by atoms with Crippen molar-refractivity contribution in [3.63, 3.8) is 0 Å². The second-order valence-electron chi connectivity index (χ2n) is 4.70. The number of methoxy groups -OCH3 is 1. The van der Waals surface area contributed by atoms with E-state index in [1.807, 2.05) is 24.3 Å². The number of rotatable bonds is 7. The van der Waals surface area contributed by atoms with E-state index in [4.69, 9.17) is 10.6 Å². The first-order chi connectivity index (χ1) is 11.1. The summed E-state index contributed by atoms with van der Waals surface area (Å²) in [5.74, 6) is 7.21. The minimum Gasteiger partial charge on any atom is -0.497 e. The topological polar surface area (TPSA) is 95.1 Å². The third-order valence-electron chi connectivity index (χ3n) is 3.08. The Morgan fingerprint density at radius 1 is 1.48 bits per heavy atom. The Hall–Kier alpha value is -2.48. The van der Waals surface area contributed by atoms with Gasteiger partial charge < -0.3 is 15.9 Å². The molecule has 0 aliphatic heterocycles. The van der Waals surface area contributed by atoms with Crippen LogP contribution in [0, 0.1) is 0 Å². The molecule has 122 valence electrons. The van der Waals surface area contributed by atoms with Crippen LogP contribution in [0.5, 0.6) is 5.75 Å². The van der Waals surface area contributed by atoms with Crippen molar-refractivity contribution in [1.29, 1.82) is 0 Å². The van der Waals surface area contributed by atoms with Crippen LogP contribution >= 0.6 is 11.8 Å². The van der Waals surface area contributed by atoms with Gasteiger partial charge >= 0.3 is 0 Å². The number of nitrogens with one attached hydrogen (secondary N) is 1. The molecule has 0 unspecified atom stereocenters. The van der Waals surface area contributed by atoms with Crippen molar-refractivity contribution >= 4 is 17.7 Å². The molecule has 3 N–H and O–H groups in total. The van der Waals surface area contributed by atoms with Gasteiger partial charge in [0.05, 0.1) is 12.4 Å². The molecule has 1 atom stereocenters. The van der Waals surface area contributed by atoms with Gasteiger partial charge in [0.1, 0.15) is 5.75 Å². The molecule has 0 saturated heterocycles. The van der Waals surface area contributed by atoms with Crippen LogP contribution in [0.15, 0.2) is 42.1 Å². The number of nitrogen functional groups attached to an aromatic ring is 1. The minimum absolute atomic E-state index is 0.108. The highest BCUT2D eigenvalue weighted by atomic mass is 32.2. The number of carbonyl (C=O) groups is 1. The van der Waals surface area contributed by atoms with E-state index in [2.05, 4.69) is 22.1 Å². The van der Waals surface area contributed by atoms with E-state index >= 15 is 0 Å². The molecule has 2 aromatic rings. The summed E-state index contributed by atoms with van der Waals surface area (Å²) < 4.78 is 6.50. The number of hydrogen-bond donors (Lipinski definition) is 2. The number of benzene rings is 1. The van der Waals surface area contributed by atoms with Crippen molar-refractivity contribution in [2.24, 2.45) is 0 Å². The number of aromatic nitrogens is 3. The summed E-state index contributed by atoms with van der Waals surface area (Å²) in [6.07, 6.45) is 1.63. The molecule has 0 aliphatic carbocycles. The Kier molecular flexibility index (Phi) is 5.64. The number of carbonyl (C=O) groups excluding carboxylic acids is 1. The molecule has 0 radical (unpaired) electrons. The van der Waals surface area contributed by atoms with Gasteiger partial charge in [0.2, 0.25) is 11.1 Å². The standard InChI is InChI=1S/C15H19N5O2S/c1-4-9-17-14(21)10(2)23-15-19-18-13(20(15)16)11-5-7-12(22-3)8-6-11/h4-8,10H,1,9,16H2,2-3H3,(H,17,21)/t10-/m1/s1. The predicted octanol–water partition coefficient (Wildman–Crippen LogP) is 1.45. The van der Waals surface area contributed by atoms with Crippen LogP contribution in [0.4, 0.5) is 0 Å². The fourth-order valence-corrected chi connectivity index (χ4v) is 2.62. The van der Waals surface area contributed by atoms with Gasteiger partial charge in [0, 0.05) is 12.1 Å². The average Bonchev–Trinajstić information content (AvgIpc) is 2.93. The van der Waals surface area contributed by atoms with Gasteiger partial charge in [-0.15, -0.1) is 16.8 Å². The summed E-state index contributed by atoms with van der Waals surface area (Å²) in [5.41, 5.74) is 0.816. The van der Waals surface area contributed by atoms with Crippen molar-refractivity contribution in [1.82, 2.24) is 20.2 Å². The number of hydrogen-bond acceptors (Lipinski definition) is 6. The highest BCUT2D eigenvalue weighted by Gasteiger charge is 2.19. The first-order valence-electron chi connectivity index (χ1n) is 6.97. The van der Waals surface area contributed by atoms with Crippen molar-refractivity contribution < 1.29 is 9.53 Å². The lowest BCUT2D eigenvalue weighted by Gasteiger charge is -2.10. The van der Waals surface area contributed by atoms with Crippen molar-refractivity contribution in [2.75, 3.05) is 19.5 Å². The van der Waals surface area contributed by atoms with Crippen LogP contribution in [0.3, 0.4) is 0 Å². The van der Waals surface area contributed by atoms with Crippen LogP contribution in [-0.2, 0) is 4.79 Å². The lowest BCUT2D eigenvalue weighted by atomic mass is 10.2. The lowest BCUT2D eigenvalue weighted by molar-refractivity contribution is -0.120. The summed E-state index contributed by atoms with van der Waals surface area (Å²) in [4.78, 5) is 11.9. The monoisotopic (exact) mass is 333 g/mol. The first kappa shape index (κ1) is 16.9. The highest BCUT2D eigenvalue weighted by molar-refractivity contribution is 8.00. The Morgan fingerprint density at radius 2 is 2.17 bits per heavy atom. The normalized spacial score (nSPS) is 11.7. The van der Waals surface area contributed by atoms with E-state index in [9.17, 15) is 4.79 Å². The maximum absolute atomic E-state index is 11.9. The molecule has 0 bridgehead atoms. The number of ether oxygens (including phenoxy) is 1. The van der Waals surface area contributed by atoms with E-state index in [-0.39, 0.29) is 11.2 Å². The van der Waals surface area contributed by atoms with E-state index in [1.54, 1.807) is 20.1 Å². The van der Waals surface area contributed by atoms with Gasteiger partial charge in [-0.05, 0) is 31.2 Å². The fourth-order valence-electron chi connectivity index (χ4n) is 1.82. The number of thioether (sulfide) groups is 1. The zero-order valence-electron chi connectivity index (χ0n) is 13.0. The van der Waals surface area contributed by atoms with E-state index in [0.717, 1.165) is 11.3 Å². The highest BCUT2D eigenvalue weighted by Crippen LogP contribution is 2.25. The van der Waals surface area contributed by atoms with Gasteiger partial charge in [0.15, 0.2) is 5.82 Å². The number of nitrogens with zero attached hydrogens (tertiary/aromatic N) is 3. The van der Waals surface area contributed by atoms with Crippen LogP contribution in [0.1, 0.15) is 6.92 Å². The third-order valence-corrected chi connectivity index (χ3v) is 4.14. The van der Waals surface area contributed by atoms with Gasteiger partial charge in [0.25, 0.3) is 0 Å². The van der Waals surface area contributed by atoms with Crippen LogP contribution in [-0.4, -0.2) is 39.7 Å². The molecule has 0 spiro atoms. The molecule has 0 aliphatic rings.